The van der Waals surface area contributed by atoms with E-state index in [9.17, 15) is 43.8 Å². The Hall–Kier alpha value is -6.10. The molecule has 1 aliphatic rings. The predicted molar refractivity (Wildman–Crippen MR) is 245 cm³/mol. The van der Waals surface area contributed by atoms with E-state index in [1.54, 1.807) is 56.3 Å². The van der Waals surface area contributed by atoms with Gasteiger partial charge < -0.3 is 47.0 Å². The van der Waals surface area contributed by atoms with Gasteiger partial charge in [0, 0.05) is 20.0 Å². The number of carbonyl (C=O) groups excluding carboxylic acids is 6. The van der Waals surface area contributed by atoms with Crippen LogP contribution in [0.5, 0.6) is 5.75 Å². The van der Waals surface area contributed by atoms with Crippen LogP contribution in [0.2, 0.25) is 0 Å². The summed E-state index contributed by atoms with van der Waals surface area (Å²) in [6, 6.07) is 16.9. The molecule has 1 saturated heterocycles. The second kappa shape index (κ2) is 25.9. The quantitative estimate of drug-likeness (QED) is 0.111. The molecule has 1 aliphatic heterocycles. The molecule has 1 fully saturated rings. The number of urea groups is 1. The lowest BCUT2D eigenvalue weighted by Gasteiger charge is -2.33. The normalized spacial score (nSPS) is 21.2. The molecule has 6 atom stereocenters. The maximum Gasteiger partial charge on any atom is 0.326 e. The zero-order valence-corrected chi connectivity index (χ0v) is 37.8. The van der Waals surface area contributed by atoms with E-state index in [0.717, 1.165) is 11.1 Å². The molecule has 4 rings (SSSR count). The van der Waals surface area contributed by atoms with Crippen LogP contribution in [0.4, 0.5) is 4.79 Å². The molecule has 64 heavy (non-hydrogen) atoms. The van der Waals surface area contributed by atoms with Crippen molar-refractivity contribution < 1.29 is 43.8 Å². The second-order valence-electron chi connectivity index (χ2n) is 16.4. The summed E-state index contributed by atoms with van der Waals surface area (Å²) in [7, 11) is 1.49. The third-order valence-corrected chi connectivity index (χ3v) is 11.8. The van der Waals surface area contributed by atoms with E-state index in [-0.39, 0.29) is 38.0 Å². The van der Waals surface area contributed by atoms with Gasteiger partial charge in [-0.25, -0.2) is 9.59 Å². The molecule has 0 bridgehead atoms. The Balaban J connectivity index is 1.67. The summed E-state index contributed by atoms with van der Waals surface area (Å²) in [4.78, 5) is 97.9. The summed E-state index contributed by atoms with van der Waals surface area (Å²) < 4.78 is 0. The Kier molecular flexibility index (Phi) is 20.4. The van der Waals surface area contributed by atoms with Crippen LogP contribution >= 0.6 is 11.8 Å². The number of amides is 7. The highest BCUT2D eigenvalue weighted by Gasteiger charge is 2.36. The third kappa shape index (κ3) is 16.2. The first-order valence-electron chi connectivity index (χ1n) is 21.8. The minimum atomic E-state index is -1.31. The van der Waals surface area contributed by atoms with Gasteiger partial charge in [0.15, 0.2) is 0 Å². The number of nitrogens with one attached hydrogen (secondary N) is 6. The molecule has 6 unspecified atom stereocenters. The number of aromatic hydroxyl groups is 1. The number of aliphatic carboxylic acids is 1. The van der Waals surface area contributed by atoms with Gasteiger partial charge in [0.1, 0.15) is 42.0 Å². The number of phenolic OH excluding ortho intramolecular Hbond substituents is 1. The highest BCUT2D eigenvalue weighted by Crippen LogP contribution is 2.18. The Morgan fingerprint density at radius 3 is 1.98 bits per heavy atom. The van der Waals surface area contributed by atoms with E-state index >= 15 is 0 Å². The number of hydrogen-bond donors (Lipinski definition) is 8. The largest absolute Gasteiger partial charge is 0.508 e. The smallest absolute Gasteiger partial charge is 0.326 e. The molecule has 0 radical (unpaired) electrons. The summed E-state index contributed by atoms with van der Waals surface area (Å²) in [6.07, 6.45) is 3.96. The minimum absolute atomic E-state index is 0.00729. The van der Waals surface area contributed by atoms with Crippen LogP contribution in [0.15, 0.2) is 84.9 Å². The monoisotopic (exact) mass is 901 g/mol. The standard InChI is InChI=1S/C47H63N7O9S/c1-30(2)40-44(59)50-37(24-20-31-13-7-5-8-14-31)45(60)54(3)39(25-21-32-18-22-34(55)23-19-32)43(58)49-36(26-28-64-4)41(56)48-27-12-11-17-35(42(57)53-40)51-47(63)52-38(46(61)62)29-33-15-9-6-10-16-33/h5-10,13-16,18-19,22-23,30,35-40,55H,11-12,17,20-21,24-29H2,1-4H3,(H,48,56)(H,49,58)(H,50,59)(H,53,57)(H,61,62)(H2,51,52,63). The van der Waals surface area contributed by atoms with Gasteiger partial charge in [-0.15, -0.1) is 0 Å². The van der Waals surface area contributed by atoms with Gasteiger partial charge >= 0.3 is 12.0 Å². The van der Waals surface area contributed by atoms with Crippen molar-refractivity contribution >= 4 is 53.3 Å². The fourth-order valence-corrected chi connectivity index (χ4v) is 7.86. The van der Waals surface area contributed by atoms with Crippen LogP contribution in [0, 0.1) is 5.92 Å². The summed E-state index contributed by atoms with van der Waals surface area (Å²) in [5.74, 6) is -4.03. The predicted octanol–water partition coefficient (Wildman–Crippen LogP) is 3.31. The molecule has 16 nitrogen and oxygen atoms in total. The number of aryl methyl sites for hydroxylation is 2. The van der Waals surface area contributed by atoms with Crippen molar-refractivity contribution in [3.05, 3.63) is 102 Å². The molecule has 3 aromatic carbocycles. The molecular weight excluding hydrogens is 839 g/mol. The number of hydrogen-bond acceptors (Lipinski definition) is 9. The minimum Gasteiger partial charge on any atom is -0.508 e. The summed E-state index contributed by atoms with van der Waals surface area (Å²) in [5.41, 5.74) is 2.39. The summed E-state index contributed by atoms with van der Waals surface area (Å²) >= 11 is 1.51. The van der Waals surface area contributed by atoms with Crippen LogP contribution < -0.4 is 31.9 Å². The average molecular weight is 902 g/mol. The third-order valence-electron chi connectivity index (χ3n) is 11.2. The molecule has 0 spiro atoms. The molecule has 0 aliphatic carbocycles. The first-order chi connectivity index (χ1) is 30.7. The van der Waals surface area contributed by atoms with Gasteiger partial charge in [0.25, 0.3) is 0 Å². The molecule has 0 aromatic heterocycles. The summed E-state index contributed by atoms with van der Waals surface area (Å²) in [5, 5.41) is 36.3. The lowest BCUT2D eigenvalue weighted by Crippen LogP contribution is -2.60. The van der Waals surface area contributed by atoms with Crippen molar-refractivity contribution in [3.63, 3.8) is 0 Å². The van der Waals surface area contributed by atoms with Crippen LogP contribution in [0.1, 0.15) is 69.1 Å². The number of carboxylic acid groups (broad SMARTS) is 1. The van der Waals surface area contributed by atoms with Crippen molar-refractivity contribution in [2.45, 2.75) is 108 Å². The molecule has 17 heteroatoms. The molecule has 0 saturated carbocycles. The first-order valence-corrected chi connectivity index (χ1v) is 23.2. The van der Waals surface area contributed by atoms with Gasteiger partial charge in [-0.05, 0) is 98.1 Å². The number of carbonyl (C=O) groups is 7. The Labute approximate surface area is 379 Å². The number of benzene rings is 3. The van der Waals surface area contributed by atoms with E-state index in [2.05, 4.69) is 31.9 Å². The highest BCUT2D eigenvalue weighted by molar-refractivity contribution is 7.98. The number of likely N-dealkylation sites (N-methyl/N-ethyl adjacent to an activating group) is 1. The van der Waals surface area contributed by atoms with Crippen LogP contribution in [0.3, 0.4) is 0 Å². The second-order valence-corrected chi connectivity index (χ2v) is 17.4. The molecule has 3 aromatic rings. The van der Waals surface area contributed by atoms with Gasteiger partial charge in [-0.3, -0.25) is 24.0 Å². The molecule has 1 heterocycles. The number of thioether (sulfide) groups is 1. The van der Waals surface area contributed by atoms with E-state index in [1.807, 2.05) is 36.6 Å². The first kappa shape index (κ1) is 50.5. The maximum absolute atomic E-state index is 14.7. The fourth-order valence-electron chi connectivity index (χ4n) is 7.39. The van der Waals surface area contributed by atoms with Crippen LogP contribution in [-0.4, -0.2) is 119 Å². The Bertz CT molecular complexity index is 2010. The van der Waals surface area contributed by atoms with Crippen LogP contribution in [0.25, 0.3) is 0 Å². The zero-order valence-electron chi connectivity index (χ0n) is 37.0. The number of nitrogens with zero attached hydrogens (tertiary/aromatic N) is 1. The molecule has 7 amide bonds. The van der Waals surface area contributed by atoms with Gasteiger partial charge in [-0.2, -0.15) is 11.8 Å². The van der Waals surface area contributed by atoms with E-state index in [0.29, 0.717) is 43.4 Å². The number of carboxylic acids is 1. The van der Waals surface area contributed by atoms with Gasteiger partial charge in [-0.1, -0.05) is 86.6 Å². The van der Waals surface area contributed by atoms with Crippen molar-refractivity contribution in [1.29, 1.82) is 0 Å². The lowest BCUT2D eigenvalue weighted by atomic mass is 9.98. The number of phenols is 1. The average Bonchev–Trinajstić information content (AvgIpc) is 3.27. The zero-order chi connectivity index (χ0) is 46.6. The van der Waals surface area contributed by atoms with Crippen molar-refractivity contribution in [1.82, 2.24) is 36.8 Å². The maximum atomic E-state index is 14.7. The van der Waals surface area contributed by atoms with E-state index in [4.69, 9.17) is 0 Å². The molecular formula is C47H63N7O9S. The fraction of sp³-hybridized carbons (Fsp3) is 0.468. The Morgan fingerprint density at radius 1 is 0.750 bits per heavy atom. The molecule has 346 valence electrons. The van der Waals surface area contributed by atoms with E-state index < -0.39 is 83.7 Å². The molecule has 8 N–H and O–H groups in total. The SMILES string of the molecule is CSCCC1NC(=O)C(CCc2ccc(O)cc2)N(C)C(=O)C(CCc2ccccc2)NC(=O)C(C(C)C)NC(=O)C(NC(=O)NC(Cc2ccccc2)C(=O)O)CCCCNC1=O. The summed E-state index contributed by atoms with van der Waals surface area (Å²) in [6.45, 7) is 3.62. The number of rotatable bonds is 15. The van der Waals surface area contributed by atoms with Crippen LogP contribution in [-0.2, 0) is 48.0 Å². The van der Waals surface area contributed by atoms with E-state index in [1.165, 1.54) is 35.8 Å². The van der Waals surface area contributed by atoms with Crippen molar-refractivity contribution in [3.8, 4) is 5.75 Å². The van der Waals surface area contributed by atoms with Gasteiger partial charge in [0.2, 0.25) is 29.5 Å². The topological polar surface area (TPSA) is 235 Å². The Morgan fingerprint density at radius 2 is 1.36 bits per heavy atom. The van der Waals surface area contributed by atoms with Gasteiger partial charge in [0.05, 0.1) is 0 Å². The lowest BCUT2D eigenvalue weighted by molar-refractivity contribution is -0.143. The van der Waals surface area contributed by atoms with Crippen molar-refractivity contribution in [2.24, 2.45) is 5.92 Å². The van der Waals surface area contributed by atoms with Crippen molar-refractivity contribution in [2.75, 3.05) is 25.6 Å². The highest BCUT2D eigenvalue weighted by atomic mass is 32.2.